The number of aromatic amines is 1. The van der Waals surface area contributed by atoms with Crippen molar-refractivity contribution in [1.82, 2.24) is 19.1 Å². The van der Waals surface area contributed by atoms with Crippen molar-refractivity contribution in [3.05, 3.63) is 110 Å². The highest BCUT2D eigenvalue weighted by atomic mass is 32.2. The number of hydrogen-bond acceptors (Lipinski definition) is 5. The van der Waals surface area contributed by atoms with Gasteiger partial charge in [0.25, 0.3) is 5.56 Å². The monoisotopic (exact) mass is 485 g/mol. The first-order chi connectivity index (χ1) is 16.7. The second-order valence-corrected chi connectivity index (χ2v) is 10.4. The van der Waals surface area contributed by atoms with Gasteiger partial charge in [-0.25, -0.2) is 27.6 Å². The third-order valence-corrected chi connectivity index (χ3v) is 6.46. The fraction of sp³-hybridized carbons (Fsp3) is 0.120. The molecule has 0 saturated heterocycles. The van der Waals surface area contributed by atoms with Crippen molar-refractivity contribution < 1.29 is 8.42 Å². The standard InChI is InChI=1S/C25H19N5O4S/c1-26-17-10-11-20-21(13-17)28-23(27-20)14-29-22-9-4-3-8-19(22)24(31)30(25(29)32)18-7-5-6-16(12-18)15-35(2,33)34/h3-13H,14-15H2,2H3,(H,27,28). The van der Waals surface area contributed by atoms with Gasteiger partial charge >= 0.3 is 5.69 Å². The molecule has 0 spiro atoms. The zero-order chi connectivity index (χ0) is 24.7. The molecule has 1 N–H and O–H groups in total. The van der Waals surface area contributed by atoms with Crippen LogP contribution in [-0.4, -0.2) is 33.8 Å². The lowest BCUT2D eigenvalue weighted by Crippen LogP contribution is -2.39. The van der Waals surface area contributed by atoms with Gasteiger partial charge in [0, 0.05) is 6.26 Å². The third kappa shape index (κ3) is 4.25. The molecule has 5 rings (SSSR count). The van der Waals surface area contributed by atoms with Crippen LogP contribution in [0.1, 0.15) is 11.4 Å². The topological polar surface area (TPSA) is 111 Å². The van der Waals surface area contributed by atoms with Gasteiger partial charge in [0.1, 0.15) is 5.82 Å². The van der Waals surface area contributed by atoms with E-state index in [1.165, 1.54) is 10.6 Å². The highest BCUT2D eigenvalue weighted by molar-refractivity contribution is 7.89. The molecule has 35 heavy (non-hydrogen) atoms. The van der Waals surface area contributed by atoms with Crippen molar-refractivity contribution in [2.24, 2.45) is 0 Å². The molecule has 0 unspecified atom stereocenters. The van der Waals surface area contributed by atoms with E-state index in [-0.39, 0.29) is 18.0 Å². The Morgan fingerprint density at radius 2 is 1.83 bits per heavy atom. The van der Waals surface area contributed by atoms with E-state index in [0.717, 1.165) is 10.8 Å². The predicted octanol–water partition coefficient (Wildman–Crippen LogP) is 3.17. The molecule has 0 aliphatic heterocycles. The Morgan fingerprint density at radius 1 is 1.03 bits per heavy atom. The third-order valence-electron chi connectivity index (χ3n) is 5.60. The van der Waals surface area contributed by atoms with E-state index in [2.05, 4.69) is 14.8 Å². The molecular weight excluding hydrogens is 466 g/mol. The van der Waals surface area contributed by atoms with Crippen molar-refractivity contribution in [2.75, 3.05) is 6.26 Å². The molecule has 0 aliphatic carbocycles. The maximum atomic E-state index is 13.6. The molecule has 0 fully saturated rings. The summed E-state index contributed by atoms with van der Waals surface area (Å²) in [5.41, 5.74) is 1.94. The summed E-state index contributed by atoms with van der Waals surface area (Å²) in [5, 5.41) is 0.340. The summed E-state index contributed by atoms with van der Waals surface area (Å²) in [6, 6.07) is 18.3. The molecule has 9 nitrogen and oxygen atoms in total. The number of fused-ring (bicyclic) bond motifs is 2. The fourth-order valence-corrected chi connectivity index (χ4v) is 4.92. The summed E-state index contributed by atoms with van der Waals surface area (Å²) in [7, 11) is -3.30. The van der Waals surface area contributed by atoms with E-state index in [1.54, 1.807) is 60.7 Å². The smallest absolute Gasteiger partial charge is 0.336 e. The molecule has 0 bridgehead atoms. The molecule has 0 atom stereocenters. The van der Waals surface area contributed by atoms with Crippen molar-refractivity contribution in [3.63, 3.8) is 0 Å². The fourth-order valence-electron chi connectivity index (χ4n) is 4.13. The maximum Gasteiger partial charge on any atom is 0.336 e. The minimum Gasteiger partial charge on any atom is -0.341 e. The van der Waals surface area contributed by atoms with Crippen molar-refractivity contribution >= 4 is 37.5 Å². The van der Waals surface area contributed by atoms with E-state index in [9.17, 15) is 18.0 Å². The summed E-state index contributed by atoms with van der Waals surface area (Å²) in [5.74, 6) is 0.286. The van der Waals surface area contributed by atoms with Gasteiger partial charge < -0.3 is 4.98 Å². The van der Waals surface area contributed by atoms with Crippen LogP contribution in [-0.2, 0) is 22.1 Å². The normalized spacial score (nSPS) is 11.7. The minimum absolute atomic E-state index is 0.0602. The second kappa shape index (κ2) is 8.38. The Bertz CT molecular complexity index is 1890. The zero-order valence-corrected chi connectivity index (χ0v) is 19.4. The van der Waals surface area contributed by atoms with Gasteiger partial charge in [-0.1, -0.05) is 30.3 Å². The Balaban J connectivity index is 1.70. The molecule has 0 saturated carbocycles. The first-order valence-corrected chi connectivity index (χ1v) is 12.7. The van der Waals surface area contributed by atoms with Crippen molar-refractivity contribution in [1.29, 1.82) is 0 Å². The molecule has 174 valence electrons. The quantitative estimate of drug-likeness (QED) is 0.385. The molecule has 5 aromatic rings. The van der Waals surface area contributed by atoms with Gasteiger partial charge in [-0.3, -0.25) is 9.36 Å². The van der Waals surface area contributed by atoms with E-state index < -0.39 is 21.1 Å². The number of benzene rings is 3. The number of H-pyrrole nitrogens is 1. The number of nitrogens with one attached hydrogen (secondary N) is 1. The van der Waals surface area contributed by atoms with Crippen LogP contribution in [0.15, 0.2) is 76.3 Å². The van der Waals surface area contributed by atoms with E-state index in [0.29, 0.717) is 39.0 Å². The molecular formula is C25H19N5O4S. The molecule has 2 aromatic heterocycles. The number of sulfone groups is 1. The average Bonchev–Trinajstić information content (AvgIpc) is 3.22. The molecule has 0 radical (unpaired) electrons. The predicted molar refractivity (Wildman–Crippen MR) is 134 cm³/mol. The van der Waals surface area contributed by atoms with Crippen LogP contribution in [0.4, 0.5) is 5.69 Å². The van der Waals surface area contributed by atoms with Crippen LogP contribution in [0.2, 0.25) is 0 Å². The largest absolute Gasteiger partial charge is 0.341 e. The van der Waals surface area contributed by atoms with Crippen LogP contribution >= 0.6 is 0 Å². The first kappa shape index (κ1) is 22.3. The van der Waals surface area contributed by atoms with Crippen LogP contribution in [0.25, 0.3) is 32.5 Å². The number of aromatic nitrogens is 4. The van der Waals surface area contributed by atoms with Gasteiger partial charge in [0.2, 0.25) is 0 Å². The summed E-state index contributed by atoms with van der Waals surface area (Å²) in [6.07, 6.45) is 1.13. The number of nitrogens with zero attached hydrogens (tertiary/aromatic N) is 4. The highest BCUT2D eigenvalue weighted by Crippen LogP contribution is 2.20. The summed E-state index contributed by atoms with van der Waals surface area (Å²) in [6.45, 7) is 7.25. The molecule has 0 aliphatic rings. The molecule has 3 aromatic carbocycles. The van der Waals surface area contributed by atoms with Crippen molar-refractivity contribution in [3.8, 4) is 5.69 Å². The Labute approximate surface area is 199 Å². The molecule has 0 amide bonds. The minimum atomic E-state index is -3.30. The number of hydrogen-bond donors (Lipinski definition) is 1. The Morgan fingerprint density at radius 3 is 2.60 bits per heavy atom. The average molecular weight is 486 g/mol. The number of para-hydroxylation sites is 1. The number of rotatable bonds is 5. The molecule has 10 heteroatoms. The van der Waals surface area contributed by atoms with E-state index >= 15 is 0 Å². The van der Waals surface area contributed by atoms with E-state index in [4.69, 9.17) is 6.57 Å². The first-order valence-electron chi connectivity index (χ1n) is 10.6. The SMILES string of the molecule is [C-]#[N+]c1ccc2nc(Cn3c(=O)n(-c4cccc(CS(C)(=O)=O)c4)c(=O)c4ccccc43)[nH]c2c1. The zero-order valence-electron chi connectivity index (χ0n) is 18.6. The van der Waals surface area contributed by atoms with E-state index in [1.807, 2.05) is 0 Å². The second-order valence-electron chi connectivity index (χ2n) is 8.26. The lowest BCUT2D eigenvalue weighted by atomic mass is 10.2. The highest BCUT2D eigenvalue weighted by Gasteiger charge is 2.17. The van der Waals surface area contributed by atoms with Gasteiger partial charge in [-0.2, -0.15) is 0 Å². The van der Waals surface area contributed by atoms with Crippen LogP contribution in [0.3, 0.4) is 0 Å². The van der Waals surface area contributed by atoms with Gasteiger partial charge in [-0.15, -0.1) is 0 Å². The van der Waals surface area contributed by atoms with Gasteiger partial charge in [0.05, 0.1) is 46.5 Å². The lowest BCUT2D eigenvalue weighted by molar-refractivity contribution is 0.601. The Hall–Kier alpha value is -4.49. The van der Waals surface area contributed by atoms with Gasteiger partial charge in [-0.05, 0) is 42.0 Å². The van der Waals surface area contributed by atoms with Crippen LogP contribution in [0, 0.1) is 6.57 Å². The summed E-state index contributed by atoms with van der Waals surface area (Å²) < 4.78 is 26.0. The summed E-state index contributed by atoms with van der Waals surface area (Å²) >= 11 is 0. The van der Waals surface area contributed by atoms with Crippen LogP contribution < -0.4 is 11.2 Å². The summed E-state index contributed by atoms with van der Waals surface area (Å²) in [4.78, 5) is 38.1. The Kier molecular flexibility index (Phi) is 5.34. The van der Waals surface area contributed by atoms with Crippen LogP contribution in [0.5, 0.6) is 0 Å². The van der Waals surface area contributed by atoms with Gasteiger partial charge in [0.15, 0.2) is 15.5 Å². The number of imidazole rings is 1. The lowest BCUT2D eigenvalue weighted by Gasteiger charge is -2.14. The maximum absolute atomic E-state index is 13.6. The molecule has 2 heterocycles. The van der Waals surface area contributed by atoms with Crippen molar-refractivity contribution in [2.45, 2.75) is 12.3 Å².